The van der Waals surface area contributed by atoms with Crippen LogP contribution in [-0.4, -0.2) is 19.2 Å². The van der Waals surface area contributed by atoms with Crippen molar-refractivity contribution < 1.29 is 19.1 Å². The number of rotatable bonds is 10. The van der Waals surface area contributed by atoms with Gasteiger partial charge in [0.15, 0.2) is 0 Å². The van der Waals surface area contributed by atoms with Crippen LogP contribution < -0.4 is 0 Å². The lowest BCUT2D eigenvalue weighted by Gasteiger charge is -2.02. The lowest BCUT2D eigenvalue weighted by atomic mass is 10.1. The predicted molar refractivity (Wildman–Crippen MR) is 88.5 cm³/mol. The Labute approximate surface area is 133 Å². The SMILES string of the molecule is CC=CC=CCCCCC(C)=CCCCC(=O)OC(=O)OC. The average molecular weight is 308 g/mol. The number of hydrogen-bond acceptors (Lipinski definition) is 4. The lowest BCUT2D eigenvalue weighted by molar-refractivity contribution is -0.139. The number of methoxy groups -OCH3 is 1. The number of esters is 1. The first-order valence-corrected chi connectivity index (χ1v) is 7.82. The molecule has 0 saturated carbocycles. The van der Waals surface area contributed by atoms with Crippen LogP contribution in [0.25, 0.3) is 0 Å². The van der Waals surface area contributed by atoms with Crippen LogP contribution >= 0.6 is 0 Å². The molecule has 0 N–H and O–H groups in total. The van der Waals surface area contributed by atoms with Gasteiger partial charge in [-0.1, -0.05) is 36.0 Å². The predicted octanol–water partition coefficient (Wildman–Crippen LogP) is 5.11. The molecule has 0 spiro atoms. The molecule has 0 atom stereocenters. The van der Waals surface area contributed by atoms with E-state index >= 15 is 0 Å². The standard InChI is InChI=1S/C18H28O4/c1-4-5-6-7-8-9-10-13-16(2)14-11-12-15-17(19)22-18(20)21-3/h4-7,14H,8-13,15H2,1-3H3. The van der Waals surface area contributed by atoms with Gasteiger partial charge in [0, 0.05) is 6.42 Å². The Morgan fingerprint density at radius 2 is 1.77 bits per heavy atom. The Kier molecular flexibility index (Phi) is 12.9. The molecule has 22 heavy (non-hydrogen) atoms. The van der Waals surface area contributed by atoms with Crippen LogP contribution in [-0.2, 0) is 14.3 Å². The van der Waals surface area contributed by atoms with E-state index in [1.54, 1.807) is 0 Å². The van der Waals surface area contributed by atoms with Gasteiger partial charge in [0.1, 0.15) is 0 Å². The van der Waals surface area contributed by atoms with Gasteiger partial charge < -0.3 is 9.47 Å². The molecule has 124 valence electrons. The van der Waals surface area contributed by atoms with Crippen LogP contribution in [0.5, 0.6) is 0 Å². The Balaban J connectivity index is 3.64. The van der Waals surface area contributed by atoms with E-state index in [9.17, 15) is 9.59 Å². The third-order valence-corrected chi connectivity index (χ3v) is 3.07. The third-order valence-electron chi connectivity index (χ3n) is 3.07. The molecule has 0 aromatic carbocycles. The average Bonchev–Trinajstić information content (AvgIpc) is 2.50. The quantitative estimate of drug-likeness (QED) is 0.185. The fraction of sp³-hybridized carbons (Fsp3) is 0.556. The molecule has 4 heteroatoms. The second-order valence-corrected chi connectivity index (χ2v) is 5.07. The van der Waals surface area contributed by atoms with Crippen LogP contribution in [0.2, 0.25) is 0 Å². The van der Waals surface area contributed by atoms with Crippen LogP contribution in [0.1, 0.15) is 58.8 Å². The summed E-state index contributed by atoms with van der Waals surface area (Å²) in [6, 6.07) is 0. The van der Waals surface area contributed by atoms with Crippen molar-refractivity contribution >= 4 is 12.1 Å². The molecule has 0 aliphatic carbocycles. The lowest BCUT2D eigenvalue weighted by Crippen LogP contribution is -2.11. The minimum Gasteiger partial charge on any atom is -0.437 e. The second kappa shape index (κ2) is 14.1. The topological polar surface area (TPSA) is 52.6 Å². The molecular formula is C18H28O4. The van der Waals surface area contributed by atoms with Gasteiger partial charge in [-0.25, -0.2) is 4.79 Å². The first-order valence-electron chi connectivity index (χ1n) is 7.82. The number of ether oxygens (including phenoxy) is 2. The van der Waals surface area contributed by atoms with Gasteiger partial charge in [-0.15, -0.1) is 0 Å². The van der Waals surface area contributed by atoms with Gasteiger partial charge in [0.05, 0.1) is 7.11 Å². The summed E-state index contributed by atoms with van der Waals surface area (Å²) in [7, 11) is 1.18. The van der Waals surface area contributed by atoms with Crippen molar-refractivity contribution in [1.82, 2.24) is 0 Å². The molecular weight excluding hydrogens is 280 g/mol. The summed E-state index contributed by atoms with van der Waals surface area (Å²) in [5.41, 5.74) is 1.35. The molecule has 0 rings (SSSR count). The van der Waals surface area contributed by atoms with Gasteiger partial charge in [-0.3, -0.25) is 4.79 Å². The normalized spacial score (nSPS) is 12.0. The Morgan fingerprint density at radius 1 is 1.00 bits per heavy atom. The van der Waals surface area contributed by atoms with Crippen LogP contribution in [0.3, 0.4) is 0 Å². The molecule has 0 unspecified atom stereocenters. The summed E-state index contributed by atoms with van der Waals surface area (Å²) in [5, 5.41) is 0. The van der Waals surface area contributed by atoms with Crippen molar-refractivity contribution in [1.29, 1.82) is 0 Å². The smallest absolute Gasteiger partial charge is 0.437 e. The molecule has 0 aliphatic rings. The monoisotopic (exact) mass is 308 g/mol. The summed E-state index contributed by atoms with van der Waals surface area (Å²) in [4.78, 5) is 21.9. The van der Waals surface area contributed by atoms with E-state index < -0.39 is 12.1 Å². The molecule has 0 aliphatic heterocycles. The minimum atomic E-state index is -0.944. The first-order chi connectivity index (χ1) is 10.6. The summed E-state index contributed by atoms with van der Waals surface area (Å²) in [5.74, 6) is -0.536. The molecule has 0 bridgehead atoms. The number of hydrogen-bond donors (Lipinski definition) is 0. The third kappa shape index (κ3) is 13.2. The summed E-state index contributed by atoms with van der Waals surface area (Å²) >= 11 is 0. The fourth-order valence-corrected chi connectivity index (χ4v) is 1.83. The van der Waals surface area contributed by atoms with Gasteiger partial charge in [0.2, 0.25) is 0 Å². The Hall–Kier alpha value is -1.84. The van der Waals surface area contributed by atoms with Crippen molar-refractivity contribution in [3.05, 3.63) is 36.0 Å². The maximum Gasteiger partial charge on any atom is 0.515 e. The highest BCUT2D eigenvalue weighted by atomic mass is 16.7. The number of carbonyl (C=O) groups is 2. The Bertz CT molecular complexity index is 405. The number of carbonyl (C=O) groups excluding carboxylic acids is 2. The van der Waals surface area contributed by atoms with E-state index in [1.165, 1.54) is 25.5 Å². The van der Waals surface area contributed by atoms with Gasteiger partial charge in [-0.2, -0.15) is 0 Å². The van der Waals surface area contributed by atoms with E-state index in [4.69, 9.17) is 0 Å². The highest BCUT2D eigenvalue weighted by Crippen LogP contribution is 2.11. The zero-order chi connectivity index (χ0) is 16.6. The van der Waals surface area contributed by atoms with Crippen molar-refractivity contribution in [3.63, 3.8) is 0 Å². The highest BCUT2D eigenvalue weighted by molar-refractivity contribution is 5.81. The summed E-state index contributed by atoms with van der Waals surface area (Å²) < 4.78 is 8.64. The van der Waals surface area contributed by atoms with E-state index in [2.05, 4.69) is 34.6 Å². The van der Waals surface area contributed by atoms with Crippen LogP contribution in [0.15, 0.2) is 36.0 Å². The van der Waals surface area contributed by atoms with Crippen molar-refractivity contribution in [2.24, 2.45) is 0 Å². The van der Waals surface area contributed by atoms with E-state index in [0.29, 0.717) is 6.42 Å². The summed E-state index contributed by atoms with van der Waals surface area (Å²) in [6.45, 7) is 4.12. The van der Waals surface area contributed by atoms with E-state index in [1.807, 2.05) is 19.1 Å². The zero-order valence-electron chi connectivity index (χ0n) is 14.0. The molecule has 0 saturated heterocycles. The van der Waals surface area contributed by atoms with Gasteiger partial charge in [0.25, 0.3) is 0 Å². The largest absolute Gasteiger partial charge is 0.515 e. The summed E-state index contributed by atoms with van der Waals surface area (Å²) in [6.07, 6.45) is 15.8. The van der Waals surface area contributed by atoms with E-state index in [0.717, 1.165) is 19.3 Å². The molecule has 0 radical (unpaired) electrons. The van der Waals surface area contributed by atoms with Gasteiger partial charge in [-0.05, 0) is 52.4 Å². The molecule has 0 heterocycles. The molecule has 0 aromatic rings. The Morgan fingerprint density at radius 3 is 2.45 bits per heavy atom. The van der Waals surface area contributed by atoms with Crippen molar-refractivity contribution in [2.75, 3.05) is 7.11 Å². The number of allylic oxidation sites excluding steroid dienone is 6. The zero-order valence-corrected chi connectivity index (χ0v) is 14.0. The number of unbranched alkanes of at least 4 members (excludes halogenated alkanes) is 3. The maximum atomic E-state index is 11.2. The maximum absolute atomic E-state index is 11.2. The molecule has 0 aromatic heterocycles. The molecule has 4 nitrogen and oxygen atoms in total. The molecule has 0 fully saturated rings. The van der Waals surface area contributed by atoms with Crippen molar-refractivity contribution in [2.45, 2.75) is 58.8 Å². The van der Waals surface area contributed by atoms with Crippen molar-refractivity contribution in [3.8, 4) is 0 Å². The van der Waals surface area contributed by atoms with Gasteiger partial charge >= 0.3 is 12.1 Å². The van der Waals surface area contributed by atoms with Crippen LogP contribution in [0, 0.1) is 0 Å². The van der Waals surface area contributed by atoms with Crippen LogP contribution in [0.4, 0.5) is 4.79 Å². The second-order valence-electron chi connectivity index (χ2n) is 5.07. The first kappa shape index (κ1) is 20.2. The fourth-order valence-electron chi connectivity index (χ4n) is 1.83. The molecule has 0 amide bonds. The van der Waals surface area contributed by atoms with E-state index in [-0.39, 0.29) is 6.42 Å². The minimum absolute atomic E-state index is 0.231. The highest BCUT2D eigenvalue weighted by Gasteiger charge is 2.08.